The van der Waals surface area contributed by atoms with Gasteiger partial charge >= 0.3 is 0 Å². The van der Waals surface area contributed by atoms with Gasteiger partial charge in [0.05, 0.1) is 0 Å². The molecule has 0 aliphatic rings. The zero-order valence-electron chi connectivity index (χ0n) is 35.8. The van der Waals surface area contributed by atoms with Gasteiger partial charge in [-0.15, -0.1) is 22.7 Å². The molecule has 0 radical (unpaired) electrons. The highest BCUT2D eigenvalue weighted by Crippen LogP contribution is 2.50. The molecule has 0 atom stereocenters. The van der Waals surface area contributed by atoms with E-state index in [2.05, 4.69) is 252 Å². The van der Waals surface area contributed by atoms with E-state index in [0.717, 1.165) is 34.1 Å². The minimum Gasteiger partial charge on any atom is -0.310 e. The zero-order chi connectivity index (χ0) is 43.6. The van der Waals surface area contributed by atoms with E-state index in [9.17, 15) is 0 Å². The fourth-order valence-electron chi connectivity index (χ4n) is 10.1. The molecule has 2 nitrogen and oxygen atoms in total. The Morgan fingerprint density at radius 1 is 0.212 bits per heavy atom. The van der Waals surface area contributed by atoms with Crippen LogP contribution >= 0.6 is 22.7 Å². The lowest BCUT2D eigenvalue weighted by molar-refractivity contribution is 1.29. The number of thiophene rings is 2. The molecule has 4 heteroatoms. The second-order valence-corrected chi connectivity index (χ2v) is 19.0. The van der Waals surface area contributed by atoms with Crippen molar-refractivity contribution >= 4 is 119 Å². The number of nitrogens with zero attached hydrogens (tertiary/aromatic N) is 2. The minimum absolute atomic E-state index is 1.10. The van der Waals surface area contributed by atoms with Crippen LogP contribution in [0, 0.1) is 0 Å². The van der Waals surface area contributed by atoms with Crippen molar-refractivity contribution in [1.29, 1.82) is 0 Å². The fraction of sp³-hybridized carbons (Fsp3) is 0. The summed E-state index contributed by atoms with van der Waals surface area (Å²) in [5.74, 6) is 0. The first-order chi connectivity index (χ1) is 32.7. The number of fused-ring (bicyclic) bond motifs is 8. The highest BCUT2D eigenvalue weighted by molar-refractivity contribution is 7.26. The standard InChI is InChI=1S/C62H40N2S2/c1-5-17-43(18-6-1)63(44-19-7-2-8-20-44)47-31-35-53-55(39-47)61(41-29-33-51-49-25-13-15-27-57(49)65-59(51)37-41)54-36-32-48(64(45-21-9-3-10-22-45)46-23-11-4-12-24-46)40-56(54)62(53)42-30-34-52-50-26-14-16-28-58(50)66-60(52)38-42/h1-40H. The third-order valence-electron chi connectivity index (χ3n) is 13.0. The van der Waals surface area contributed by atoms with Crippen molar-refractivity contribution in [2.75, 3.05) is 9.80 Å². The zero-order valence-corrected chi connectivity index (χ0v) is 37.4. The quantitative estimate of drug-likeness (QED) is 0.140. The summed E-state index contributed by atoms with van der Waals surface area (Å²) in [5, 5.41) is 10.0. The van der Waals surface area contributed by atoms with Gasteiger partial charge in [-0.1, -0.05) is 146 Å². The number of hydrogen-bond donors (Lipinski definition) is 0. The molecule has 66 heavy (non-hydrogen) atoms. The number of benzene rings is 11. The molecule has 13 rings (SSSR count). The summed E-state index contributed by atoms with van der Waals surface area (Å²) in [6, 6.07) is 89.1. The van der Waals surface area contributed by atoms with Gasteiger partial charge in [-0.25, -0.2) is 0 Å². The van der Waals surface area contributed by atoms with Crippen LogP contribution in [0.2, 0.25) is 0 Å². The molecular formula is C62H40N2S2. The Morgan fingerprint density at radius 2 is 0.530 bits per heavy atom. The fourth-order valence-corrected chi connectivity index (χ4v) is 12.4. The molecule has 13 aromatic rings. The Hall–Kier alpha value is -8.02. The van der Waals surface area contributed by atoms with Crippen LogP contribution < -0.4 is 9.80 Å². The smallest absolute Gasteiger partial charge is 0.0468 e. The molecule has 0 fully saturated rings. The third kappa shape index (κ3) is 6.45. The second-order valence-electron chi connectivity index (χ2n) is 16.8. The molecule has 0 N–H and O–H groups in total. The Labute approximate surface area is 391 Å². The molecule has 2 aromatic heterocycles. The SMILES string of the molecule is c1ccc(N(c2ccccc2)c2ccc3c(-c4ccc5c(c4)sc4ccccc45)c4cc(N(c5ccccc5)c5ccccc5)ccc4c(-c4ccc5c(c4)sc4ccccc45)c3c2)cc1. The molecule has 0 saturated heterocycles. The average Bonchev–Trinajstić information content (AvgIpc) is 3.95. The first kappa shape index (κ1) is 38.4. The van der Waals surface area contributed by atoms with E-state index < -0.39 is 0 Å². The van der Waals surface area contributed by atoms with Crippen LogP contribution in [0.15, 0.2) is 243 Å². The van der Waals surface area contributed by atoms with E-state index in [-0.39, 0.29) is 0 Å². The second kappa shape index (κ2) is 15.9. The molecule has 0 aliphatic heterocycles. The van der Waals surface area contributed by atoms with Crippen molar-refractivity contribution in [2.24, 2.45) is 0 Å². The lowest BCUT2D eigenvalue weighted by atomic mass is 9.85. The van der Waals surface area contributed by atoms with Gasteiger partial charge in [0, 0.05) is 74.5 Å². The minimum atomic E-state index is 1.10. The van der Waals surface area contributed by atoms with Crippen molar-refractivity contribution in [2.45, 2.75) is 0 Å². The molecule has 310 valence electrons. The summed E-state index contributed by atoms with van der Waals surface area (Å²) < 4.78 is 5.19. The van der Waals surface area contributed by atoms with Crippen molar-refractivity contribution in [3.05, 3.63) is 243 Å². The van der Waals surface area contributed by atoms with Crippen molar-refractivity contribution in [1.82, 2.24) is 0 Å². The first-order valence-corrected chi connectivity index (χ1v) is 24.0. The van der Waals surface area contributed by atoms with E-state index in [1.54, 1.807) is 0 Å². The average molecular weight is 877 g/mol. The van der Waals surface area contributed by atoms with Crippen LogP contribution in [0.25, 0.3) is 84.1 Å². The number of anilines is 6. The van der Waals surface area contributed by atoms with Crippen LogP contribution in [0.4, 0.5) is 34.1 Å². The lowest BCUT2D eigenvalue weighted by Gasteiger charge is -2.28. The Bertz CT molecular complexity index is 3590. The molecule has 0 aliphatic carbocycles. The summed E-state index contributed by atoms with van der Waals surface area (Å²) in [4.78, 5) is 4.76. The summed E-state index contributed by atoms with van der Waals surface area (Å²) in [7, 11) is 0. The highest BCUT2D eigenvalue weighted by Gasteiger charge is 2.23. The monoisotopic (exact) mass is 876 g/mol. The maximum Gasteiger partial charge on any atom is 0.0468 e. The predicted molar refractivity (Wildman–Crippen MR) is 287 cm³/mol. The van der Waals surface area contributed by atoms with Gasteiger partial charge in [-0.05, 0) is 141 Å². The van der Waals surface area contributed by atoms with Crippen molar-refractivity contribution in [3.63, 3.8) is 0 Å². The Morgan fingerprint density at radius 3 is 0.909 bits per heavy atom. The van der Waals surface area contributed by atoms with E-state index in [1.807, 2.05) is 22.7 Å². The summed E-state index contributed by atoms with van der Waals surface area (Å²) >= 11 is 3.75. The number of rotatable bonds is 8. The molecule has 11 aromatic carbocycles. The largest absolute Gasteiger partial charge is 0.310 e. The maximum absolute atomic E-state index is 2.44. The number of hydrogen-bond acceptors (Lipinski definition) is 4. The molecule has 0 spiro atoms. The Kier molecular flexibility index (Phi) is 9.26. The normalized spacial score (nSPS) is 11.6. The first-order valence-electron chi connectivity index (χ1n) is 22.4. The molecule has 2 heterocycles. The van der Waals surface area contributed by atoms with Crippen molar-refractivity contribution < 1.29 is 0 Å². The van der Waals surface area contributed by atoms with Gasteiger partial charge in [-0.2, -0.15) is 0 Å². The van der Waals surface area contributed by atoms with Crippen LogP contribution in [-0.4, -0.2) is 0 Å². The highest BCUT2D eigenvalue weighted by atomic mass is 32.1. The maximum atomic E-state index is 2.44. The number of para-hydroxylation sites is 4. The van der Waals surface area contributed by atoms with Gasteiger partial charge in [0.2, 0.25) is 0 Å². The van der Waals surface area contributed by atoms with Crippen LogP contribution in [0.3, 0.4) is 0 Å². The van der Waals surface area contributed by atoms with E-state index in [0.29, 0.717) is 0 Å². The van der Waals surface area contributed by atoms with Crippen LogP contribution in [0.5, 0.6) is 0 Å². The van der Waals surface area contributed by atoms with E-state index >= 15 is 0 Å². The van der Waals surface area contributed by atoms with Gasteiger partial charge in [0.15, 0.2) is 0 Å². The van der Waals surface area contributed by atoms with E-state index in [1.165, 1.54) is 84.1 Å². The lowest BCUT2D eigenvalue weighted by Crippen LogP contribution is -2.10. The summed E-state index contributed by atoms with van der Waals surface area (Å²) in [6.45, 7) is 0. The van der Waals surface area contributed by atoms with Gasteiger partial charge in [0.25, 0.3) is 0 Å². The molecule has 0 saturated carbocycles. The molecule has 0 unspecified atom stereocenters. The van der Waals surface area contributed by atoms with E-state index in [4.69, 9.17) is 0 Å². The molecule has 0 amide bonds. The Balaban J connectivity index is 1.15. The predicted octanol–water partition coefficient (Wildman–Crippen LogP) is 19.0. The van der Waals surface area contributed by atoms with Gasteiger partial charge in [-0.3, -0.25) is 0 Å². The van der Waals surface area contributed by atoms with Crippen molar-refractivity contribution in [3.8, 4) is 22.3 Å². The molecular weight excluding hydrogens is 837 g/mol. The summed E-state index contributed by atoms with van der Waals surface area (Å²) in [6.07, 6.45) is 0. The van der Waals surface area contributed by atoms with Gasteiger partial charge < -0.3 is 9.80 Å². The van der Waals surface area contributed by atoms with Crippen LogP contribution in [0.1, 0.15) is 0 Å². The topological polar surface area (TPSA) is 6.48 Å². The molecule has 0 bridgehead atoms. The third-order valence-corrected chi connectivity index (χ3v) is 15.3. The van der Waals surface area contributed by atoms with Gasteiger partial charge in [0.1, 0.15) is 0 Å². The summed E-state index contributed by atoms with van der Waals surface area (Å²) in [5.41, 5.74) is 11.5. The van der Waals surface area contributed by atoms with Crippen LogP contribution in [-0.2, 0) is 0 Å².